The Kier molecular flexibility index (Phi) is 11.7. The van der Waals surface area contributed by atoms with E-state index in [9.17, 15) is 19.2 Å². The van der Waals surface area contributed by atoms with Crippen molar-refractivity contribution in [3.63, 3.8) is 0 Å². The molecule has 0 saturated heterocycles. The van der Waals surface area contributed by atoms with Crippen LogP contribution in [-0.4, -0.2) is 50.6 Å². The van der Waals surface area contributed by atoms with Gasteiger partial charge in [-0.1, -0.05) is 37.4 Å². The lowest BCUT2D eigenvalue weighted by Gasteiger charge is -2.14. The average Bonchev–Trinajstić information content (AvgIpc) is 2.89. The summed E-state index contributed by atoms with van der Waals surface area (Å²) in [5.74, 6) is -1.22. The van der Waals surface area contributed by atoms with E-state index in [1.807, 2.05) is 6.07 Å². The molecule has 200 valence electrons. The van der Waals surface area contributed by atoms with Gasteiger partial charge in [0.15, 0.2) is 0 Å². The average molecular weight is 525 g/mol. The van der Waals surface area contributed by atoms with Crippen molar-refractivity contribution < 1.29 is 38.1 Å². The molecule has 2 N–H and O–H groups in total. The largest absolute Gasteiger partial charge is 0.459 e. The van der Waals surface area contributed by atoms with Crippen LogP contribution in [0.4, 0.5) is 32.3 Å². The summed E-state index contributed by atoms with van der Waals surface area (Å²) in [7, 11) is 0. The van der Waals surface area contributed by atoms with Crippen molar-refractivity contribution >= 4 is 46.9 Å². The predicted octanol–water partition coefficient (Wildman–Crippen LogP) is 5.44. The number of carbonyl (C=O) groups is 4. The number of hydrogen-bond acceptors (Lipinski definition) is 10. The topological polar surface area (TPSA) is 154 Å². The van der Waals surface area contributed by atoms with E-state index in [2.05, 4.69) is 34.0 Å². The van der Waals surface area contributed by atoms with Gasteiger partial charge in [0, 0.05) is 11.1 Å². The first-order valence-corrected chi connectivity index (χ1v) is 11.3. The predicted molar refractivity (Wildman–Crippen MR) is 139 cm³/mol. The highest BCUT2D eigenvalue weighted by atomic mass is 16.6. The Morgan fingerprint density at radius 3 is 1.76 bits per heavy atom. The number of ether oxygens (including phenoxy) is 4. The van der Waals surface area contributed by atoms with Crippen LogP contribution in [0.3, 0.4) is 0 Å². The molecule has 0 bridgehead atoms. The molecule has 0 aliphatic heterocycles. The summed E-state index contributed by atoms with van der Waals surface area (Å²) in [5, 5.41) is 13.3. The first-order chi connectivity index (χ1) is 18.2. The molecule has 2 aromatic rings. The summed E-state index contributed by atoms with van der Waals surface area (Å²) >= 11 is 0. The number of nitrogens with zero attached hydrogens (tertiary/aromatic N) is 2. The van der Waals surface area contributed by atoms with Gasteiger partial charge in [-0.3, -0.25) is 10.6 Å². The van der Waals surface area contributed by atoms with Gasteiger partial charge in [0.2, 0.25) is 0 Å². The molecule has 38 heavy (non-hydrogen) atoms. The standard InChI is InChI=1S/C26H28N4O8/c1-17(2)23(31)35-13-15-37-25(33)27-20-11-8-12-21(30-29-19-9-6-5-7-10-19)22(20)28-26(34)38-16-14-36-24(32)18(3)4/h5-12H,1,3,13-16H2,2,4H3,(H,27,33)(H,28,34). The summed E-state index contributed by atoms with van der Waals surface area (Å²) in [5.41, 5.74) is 1.39. The summed E-state index contributed by atoms with van der Waals surface area (Å²) in [6.45, 7) is 9.11. The number of azo groups is 1. The summed E-state index contributed by atoms with van der Waals surface area (Å²) in [6, 6.07) is 13.5. The summed E-state index contributed by atoms with van der Waals surface area (Å²) < 4.78 is 19.8. The second kappa shape index (κ2) is 15.2. The van der Waals surface area contributed by atoms with Gasteiger partial charge in [-0.15, -0.1) is 5.11 Å². The molecule has 0 radical (unpaired) electrons. The Balaban J connectivity index is 2.10. The molecule has 2 amide bonds. The number of rotatable bonds is 12. The van der Waals surface area contributed by atoms with Crippen LogP contribution in [0.1, 0.15) is 13.8 Å². The van der Waals surface area contributed by atoms with Crippen LogP contribution in [0.2, 0.25) is 0 Å². The fourth-order valence-electron chi connectivity index (χ4n) is 2.53. The van der Waals surface area contributed by atoms with Crippen LogP contribution in [0, 0.1) is 0 Å². The first kappa shape index (κ1) is 29.2. The molecule has 0 unspecified atom stereocenters. The fraction of sp³-hybridized carbons (Fsp3) is 0.231. The van der Waals surface area contributed by atoms with Crippen molar-refractivity contribution in [3.05, 3.63) is 72.8 Å². The van der Waals surface area contributed by atoms with Crippen molar-refractivity contribution in [2.45, 2.75) is 13.8 Å². The highest BCUT2D eigenvalue weighted by Gasteiger charge is 2.16. The Bertz CT molecular complexity index is 1210. The number of nitrogens with one attached hydrogen (secondary N) is 2. The molecule has 0 heterocycles. The highest BCUT2D eigenvalue weighted by Crippen LogP contribution is 2.34. The maximum Gasteiger partial charge on any atom is 0.411 e. The summed E-state index contributed by atoms with van der Waals surface area (Å²) in [4.78, 5) is 47.6. The SMILES string of the molecule is C=C(C)C(=O)OCCOC(=O)Nc1cccc(N=Nc2ccccc2)c1NC(=O)OCCOC(=O)C(=C)C. The minimum absolute atomic E-state index is 0.0711. The third-order valence-corrected chi connectivity index (χ3v) is 4.33. The van der Waals surface area contributed by atoms with Crippen LogP contribution < -0.4 is 10.6 Å². The van der Waals surface area contributed by atoms with Gasteiger partial charge < -0.3 is 18.9 Å². The zero-order valence-corrected chi connectivity index (χ0v) is 21.0. The van der Waals surface area contributed by atoms with Crippen molar-refractivity contribution in [2.75, 3.05) is 37.1 Å². The third-order valence-electron chi connectivity index (χ3n) is 4.33. The number of anilines is 2. The minimum Gasteiger partial charge on any atom is -0.459 e. The van der Waals surface area contributed by atoms with E-state index in [-0.39, 0.29) is 54.6 Å². The lowest BCUT2D eigenvalue weighted by Crippen LogP contribution is -2.21. The van der Waals surface area contributed by atoms with Crippen LogP contribution in [-0.2, 0) is 28.5 Å². The van der Waals surface area contributed by atoms with Gasteiger partial charge in [-0.2, -0.15) is 5.11 Å². The Morgan fingerprint density at radius 2 is 1.21 bits per heavy atom. The second-order valence-corrected chi connectivity index (χ2v) is 7.59. The lowest BCUT2D eigenvalue weighted by atomic mass is 10.2. The molecule has 0 spiro atoms. The molecule has 0 aliphatic carbocycles. The maximum atomic E-state index is 12.4. The van der Waals surface area contributed by atoms with Crippen LogP contribution >= 0.6 is 0 Å². The minimum atomic E-state index is -0.901. The van der Waals surface area contributed by atoms with Gasteiger partial charge >= 0.3 is 24.1 Å². The Morgan fingerprint density at radius 1 is 0.684 bits per heavy atom. The monoisotopic (exact) mass is 524 g/mol. The van der Waals surface area contributed by atoms with Crippen LogP contribution in [0.5, 0.6) is 0 Å². The molecule has 2 rings (SSSR count). The molecule has 12 nitrogen and oxygen atoms in total. The number of benzene rings is 2. The van der Waals surface area contributed by atoms with E-state index >= 15 is 0 Å². The molecular formula is C26H28N4O8. The molecule has 2 aromatic carbocycles. The van der Waals surface area contributed by atoms with Gasteiger partial charge in [0.05, 0.1) is 17.1 Å². The lowest BCUT2D eigenvalue weighted by molar-refractivity contribution is -0.140. The quantitative estimate of drug-likeness (QED) is 0.122. The van der Waals surface area contributed by atoms with E-state index in [0.717, 1.165) is 0 Å². The number of amides is 2. The number of esters is 2. The van der Waals surface area contributed by atoms with Crippen LogP contribution in [0.15, 0.2) is 83.1 Å². The smallest absolute Gasteiger partial charge is 0.411 e. The maximum absolute atomic E-state index is 12.4. The molecule has 0 aliphatic rings. The molecule has 0 saturated carbocycles. The van der Waals surface area contributed by atoms with E-state index < -0.39 is 24.1 Å². The molecular weight excluding hydrogens is 496 g/mol. The van der Waals surface area contributed by atoms with Crippen molar-refractivity contribution in [1.82, 2.24) is 0 Å². The molecule has 0 fully saturated rings. The number of carbonyl (C=O) groups excluding carboxylic acids is 4. The normalized spacial score (nSPS) is 10.3. The van der Waals surface area contributed by atoms with E-state index in [0.29, 0.717) is 5.69 Å². The van der Waals surface area contributed by atoms with Gasteiger partial charge in [-0.05, 0) is 38.1 Å². The Hall–Kier alpha value is -5.00. The van der Waals surface area contributed by atoms with E-state index in [1.54, 1.807) is 36.4 Å². The van der Waals surface area contributed by atoms with Gasteiger partial charge in [0.1, 0.15) is 32.1 Å². The van der Waals surface area contributed by atoms with Gasteiger partial charge in [0.25, 0.3) is 0 Å². The summed E-state index contributed by atoms with van der Waals surface area (Å²) in [6.07, 6.45) is -1.78. The van der Waals surface area contributed by atoms with Crippen molar-refractivity contribution in [3.8, 4) is 0 Å². The van der Waals surface area contributed by atoms with E-state index in [4.69, 9.17) is 18.9 Å². The van der Waals surface area contributed by atoms with Gasteiger partial charge in [-0.25, -0.2) is 19.2 Å². The number of para-hydroxylation sites is 1. The molecule has 12 heteroatoms. The zero-order valence-electron chi connectivity index (χ0n) is 21.0. The fourth-order valence-corrected chi connectivity index (χ4v) is 2.53. The van der Waals surface area contributed by atoms with E-state index in [1.165, 1.54) is 19.9 Å². The zero-order chi connectivity index (χ0) is 27.9. The second-order valence-electron chi connectivity index (χ2n) is 7.59. The van der Waals surface area contributed by atoms with Crippen molar-refractivity contribution in [2.24, 2.45) is 10.2 Å². The number of hydrogen-bond donors (Lipinski definition) is 2. The molecule has 0 atom stereocenters. The molecule has 0 aromatic heterocycles. The van der Waals surface area contributed by atoms with Crippen molar-refractivity contribution in [1.29, 1.82) is 0 Å². The highest BCUT2D eigenvalue weighted by molar-refractivity contribution is 5.99. The third kappa shape index (κ3) is 10.3. The first-order valence-electron chi connectivity index (χ1n) is 11.3. The van der Waals surface area contributed by atoms with Crippen LogP contribution in [0.25, 0.3) is 0 Å². The Labute approximate surface area is 219 Å².